The Morgan fingerprint density at radius 1 is 1.12 bits per heavy atom. The van der Waals surface area contributed by atoms with Crippen molar-refractivity contribution < 1.29 is 14.0 Å². The van der Waals surface area contributed by atoms with E-state index < -0.39 is 5.82 Å². The van der Waals surface area contributed by atoms with E-state index in [1.165, 1.54) is 36.1 Å². The van der Waals surface area contributed by atoms with Gasteiger partial charge in [0.1, 0.15) is 12.4 Å². The molecule has 0 saturated carbocycles. The van der Waals surface area contributed by atoms with Crippen molar-refractivity contribution in [1.82, 2.24) is 0 Å². The summed E-state index contributed by atoms with van der Waals surface area (Å²) in [6.07, 6.45) is 0. The highest BCUT2D eigenvalue weighted by Crippen LogP contribution is 2.27. The molecule has 2 aromatic rings. The van der Waals surface area contributed by atoms with Crippen LogP contribution in [0.5, 0.6) is 0 Å². The maximum Gasteiger partial charge on any atom is 0.244 e. The Morgan fingerprint density at radius 3 is 2.32 bits per heavy atom. The molecule has 0 spiro atoms. The fourth-order valence-corrected chi connectivity index (χ4v) is 2.67. The highest BCUT2D eigenvalue weighted by molar-refractivity contribution is 6.02. The summed E-state index contributed by atoms with van der Waals surface area (Å²) >= 11 is 0. The van der Waals surface area contributed by atoms with Crippen LogP contribution in [0.25, 0.3) is 0 Å². The second kappa shape index (κ2) is 7.92. The zero-order valence-corrected chi connectivity index (χ0v) is 15.0. The second-order valence-corrected chi connectivity index (χ2v) is 6.32. The molecule has 0 aliphatic rings. The van der Waals surface area contributed by atoms with Gasteiger partial charge < -0.3 is 10.2 Å². The summed E-state index contributed by atoms with van der Waals surface area (Å²) in [5, 5.41) is 2.92. The third-order valence-electron chi connectivity index (χ3n) is 4.01. The van der Waals surface area contributed by atoms with Crippen LogP contribution in [0.2, 0.25) is 0 Å². The molecule has 0 aromatic heterocycles. The number of anilines is 2. The highest BCUT2D eigenvalue weighted by Gasteiger charge is 2.18. The Morgan fingerprint density at radius 2 is 1.76 bits per heavy atom. The van der Waals surface area contributed by atoms with Crippen LogP contribution in [0.4, 0.5) is 15.8 Å². The molecule has 0 heterocycles. The van der Waals surface area contributed by atoms with Crippen molar-refractivity contribution >= 4 is 23.2 Å². The predicted molar refractivity (Wildman–Crippen MR) is 98.3 cm³/mol. The van der Waals surface area contributed by atoms with Crippen LogP contribution in [-0.2, 0) is 9.59 Å². The van der Waals surface area contributed by atoms with Gasteiger partial charge in [0.2, 0.25) is 11.8 Å². The van der Waals surface area contributed by atoms with Gasteiger partial charge in [0.25, 0.3) is 0 Å². The minimum Gasteiger partial charge on any atom is -0.324 e. The van der Waals surface area contributed by atoms with E-state index in [-0.39, 0.29) is 24.3 Å². The van der Waals surface area contributed by atoms with Crippen molar-refractivity contribution in [2.75, 3.05) is 16.8 Å². The second-order valence-electron chi connectivity index (χ2n) is 6.32. The van der Waals surface area contributed by atoms with Gasteiger partial charge in [0.15, 0.2) is 0 Å². The number of benzene rings is 2. The first-order valence-electron chi connectivity index (χ1n) is 8.22. The van der Waals surface area contributed by atoms with Crippen molar-refractivity contribution in [2.24, 2.45) is 0 Å². The first kappa shape index (κ1) is 18.6. The largest absolute Gasteiger partial charge is 0.324 e. The average Bonchev–Trinajstić information content (AvgIpc) is 2.55. The van der Waals surface area contributed by atoms with Crippen molar-refractivity contribution in [3.05, 3.63) is 59.4 Å². The monoisotopic (exact) mass is 342 g/mol. The maximum absolute atomic E-state index is 13.1. The number of nitrogens with one attached hydrogen (secondary N) is 1. The van der Waals surface area contributed by atoms with Gasteiger partial charge in [-0.1, -0.05) is 32.0 Å². The van der Waals surface area contributed by atoms with Crippen LogP contribution in [0.1, 0.15) is 37.8 Å². The van der Waals surface area contributed by atoms with Gasteiger partial charge in [-0.2, -0.15) is 0 Å². The quantitative estimate of drug-likeness (QED) is 0.883. The normalized spacial score (nSPS) is 10.6. The van der Waals surface area contributed by atoms with Crippen LogP contribution >= 0.6 is 0 Å². The predicted octanol–water partition coefficient (Wildman–Crippen LogP) is 4.25. The molecule has 0 saturated heterocycles. The molecule has 25 heavy (non-hydrogen) atoms. The highest BCUT2D eigenvalue weighted by atomic mass is 19.1. The Balaban J connectivity index is 2.21. The standard InChI is InChI=1S/C20H23FN2O2/c1-13(2)18-7-5-6-14(3)20(18)22-19(25)12-23(15(4)24)17-10-8-16(21)9-11-17/h5-11,13H,12H2,1-4H3,(H,22,25). The smallest absolute Gasteiger partial charge is 0.244 e. The van der Waals surface area contributed by atoms with Gasteiger partial charge in [-0.15, -0.1) is 0 Å². The van der Waals surface area contributed by atoms with Gasteiger partial charge in [-0.3, -0.25) is 9.59 Å². The Labute approximate surface area is 147 Å². The summed E-state index contributed by atoms with van der Waals surface area (Å²) in [5.74, 6) is -0.708. The molecular formula is C20H23FN2O2. The molecule has 4 nitrogen and oxygen atoms in total. The van der Waals surface area contributed by atoms with E-state index in [0.29, 0.717) is 5.69 Å². The van der Waals surface area contributed by atoms with Crippen molar-refractivity contribution in [3.8, 4) is 0 Å². The first-order chi connectivity index (χ1) is 11.8. The lowest BCUT2D eigenvalue weighted by Gasteiger charge is -2.22. The molecule has 2 amide bonds. The number of halogens is 1. The summed E-state index contributed by atoms with van der Waals surface area (Å²) < 4.78 is 13.1. The zero-order valence-electron chi connectivity index (χ0n) is 15.0. The van der Waals surface area contributed by atoms with Crippen molar-refractivity contribution in [1.29, 1.82) is 0 Å². The van der Waals surface area contributed by atoms with Gasteiger partial charge in [-0.05, 0) is 48.2 Å². The Bertz CT molecular complexity index is 770. The number of nitrogens with zero attached hydrogens (tertiary/aromatic N) is 1. The average molecular weight is 342 g/mol. The summed E-state index contributed by atoms with van der Waals surface area (Å²) in [6.45, 7) is 7.30. The first-order valence-corrected chi connectivity index (χ1v) is 8.22. The van der Waals surface area contributed by atoms with E-state index in [1.54, 1.807) is 0 Å². The zero-order chi connectivity index (χ0) is 18.6. The molecule has 0 aliphatic carbocycles. The third-order valence-corrected chi connectivity index (χ3v) is 4.01. The fraction of sp³-hybridized carbons (Fsp3) is 0.300. The summed E-state index contributed by atoms with van der Waals surface area (Å²) in [4.78, 5) is 25.7. The molecular weight excluding hydrogens is 319 g/mol. The number of hydrogen-bond acceptors (Lipinski definition) is 2. The Hall–Kier alpha value is -2.69. The van der Waals surface area contributed by atoms with Crippen LogP contribution < -0.4 is 10.2 Å². The Kier molecular flexibility index (Phi) is 5.91. The molecule has 0 aliphatic heterocycles. The van der Waals surface area contributed by atoms with E-state index in [4.69, 9.17) is 0 Å². The molecule has 132 valence electrons. The topological polar surface area (TPSA) is 49.4 Å². The van der Waals surface area contributed by atoms with Crippen LogP contribution in [0, 0.1) is 12.7 Å². The van der Waals surface area contributed by atoms with Crippen LogP contribution in [0.3, 0.4) is 0 Å². The van der Waals surface area contributed by atoms with Crippen molar-refractivity contribution in [2.45, 2.75) is 33.6 Å². The number of rotatable bonds is 5. The number of carbonyl (C=O) groups excluding carboxylic acids is 2. The third kappa shape index (κ3) is 4.66. The number of carbonyl (C=O) groups is 2. The summed E-state index contributed by atoms with van der Waals surface area (Å²) in [6, 6.07) is 11.4. The van der Waals surface area contributed by atoms with E-state index in [1.807, 2.05) is 25.1 Å². The molecule has 2 rings (SSSR count). The van der Waals surface area contributed by atoms with Gasteiger partial charge in [0.05, 0.1) is 0 Å². The van der Waals surface area contributed by atoms with E-state index >= 15 is 0 Å². The molecule has 0 atom stereocenters. The lowest BCUT2D eigenvalue weighted by atomic mass is 9.98. The van der Waals surface area contributed by atoms with E-state index in [9.17, 15) is 14.0 Å². The van der Waals surface area contributed by atoms with Crippen LogP contribution in [-0.4, -0.2) is 18.4 Å². The van der Waals surface area contributed by atoms with Gasteiger partial charge in [-0.25, -0.2) is 4.39 Å². The minimum atomic E-state index is -0.391. The van der Waals surface area contributed by atoms with Gasteiger partial charge in [0, 0.05) is 18.3 Å². The number of aryl methyl sites for hydroxylation is 1. The van der Waals surface area contributed by atoms with E-state index in [0.717, 1.165) is 16.8 Å². The fourth-order valence-electron chi connectivity index (χ4n) is 2.67. The van der Waals surface area contributed by atoms with Gasteiger partial charge >= 0.3 is 0 Å². The lowest BCUT2D eigenvalue weighted by molar-refractivity contribution is -0.120. The summed E-state index contributed by atoms with van der Waals surface area (Å²) in [5.41, 5.74) is 3.28. The SMILES string of the molecule is CC(=O)N(CC(=O)Nc1c(C)cccc1C(C)C)c1ccc(F)cc1. The molecule has 0 unspecified atom stereocenters. The molecule has 5 heteroatoms. The maximum atomic E-state index is 13.1. The summed E-state index contributed by atoms with van der Waals surface area (Å²) in [7, 11) is 0. The number of hydrogen-bond donors (Lipinski definition) is 1. The molecule has 0 fully saturated rings. The molecule has 0 radical (unpaired) electrons. The van der Waals surface area contributed by atoms with Crippen molar-refractivity contribution in [3.63, 3.8) is 0 Å². The van der Waals surface area contributed by atoms with Crippen LogP contribution in [0.15, 0.2) is 42.5 Å². The molecule has 0 bridgehead atoms. The number of amides is 2. The lowest BCUT2D eigenvalue weighted by Crippen LogP contribution is -2.37. The minimum absolute atomic E-state index is 0.132. The molecule has 1 N–H and O–H groups in total. The molecule has 2 aromatic carbocycles. The van der Waals surface area contributed by atoms with E-state index in [2.05, 4.69) is 19.2 Å². The number of para-hydroxylation sites is 1.